The lowest BCUT2D eigenvalue weighted by molar-refractivity contribution is -0.00681. The molecule has 3 fully saturated rings. The van der Waals surface area contributed by atoms with Crippen LogP contribution in [-0.2, 0) is 28.6 Å². The van der Waals surface area contributed by atoms with Gasteiger partial charge < -0.3 is 30.2 Å². The molecule has 0 bridgehead atoms. The summed E-state index contributed by atoms with van der Waals surface area (Å²) in [6.45, 7) is 6.92. The molecule has 3 amide bonds. The lowest BCUT2D eigenvalue weighted by atomic mass is 9.83. The van der Waals surface area contributed by atoms with Crippen LogP contribution in [0.2, 0.25) is 0 Å². The number of amides is 3. The Kier molecular flexibility index (Phi) is 14.6. The van der Waals surface area contributed by atoms with E-state index in [1.807, 2.05) is 20.8 Å². The van der Waals surface area contributed by atoms with E-state index in [2.05, 4.69) is 30.9 Å². The maximum absolute atomic E-state index is 12.8. The molecular weight excluding hydrogens is 612 g/mol. The van der Waals surface area contributed by atoms with Gasteiger partial charge >= 0.3 is 18.3 Å². The number of carbonyl (C=O) groups is 3. The Hall–Kier alpha value is -4.05. The second kappa shape index (κ2) is 18.3. The van der Waals surface area contributed by atoms with Gasteiger partial charge in [-0.05, 0) is 82.5 Å². The number of rotatable bonds is 12. The van der Waals surface area contributed by atoms with E-state index in [1.165, 1.54) is 0 Å². The molecule has 3 aliphatic rings. The lowest BCUT2D eigenvalue weighted by Gasteiger charge is -2.33. The molecule has 0 aromatic rings. The summed E-state index contributed by atoms with van der Waals surface area (Å²) in [4.78, 5) is 82.3. The van der Waals surface area contributed by atoms with E-state index in [9.17, 15) is 28.8 Å². The molecule has 0 spiro atoms. The zero-order valence-corrected chi connectivity index (χ0v) is 27.7. The van der Waals surface area contributed by atoms with Crippen LogP contribution in [0.3, 0.4) is 0 Å². The first-order valence-corrected chi connectivity index (χ1v) is 16.5. The highest BCUT2D eigenvalue weighted by Crippen LogP contribution is 2.29. The van der Waals surface area contributed by atoms with Crippen molar-refractivity contribution in [2.45, 2.75) is 122 Å². The highest BCUT2D eigenvalue weighted by Gasteiger charge is 2.35. The fourth-order valence-electron chi connectivity index (χ4n) is 6.50. The molecule has 47 heavy (non-hydrogen) atoms. The van der Waals surface area contributed by atoms with Gasteiger partial charge in [0.1, 0.15) is 19.8 Å². The molecule has 0 aliphatic heterocycles. The Labute approximate surface area is 275 Å². The van der Waals surface area contributed by atoms with E-state index in [0.29, 0.717) is 38.5 Å². The standard InChI is InChI=1S/C32H48N6O9/c1-20-5-8-23(11-26(20)33-17-39)36-29(42)45-14-32(4,15-46-30(43)37-24-9-6-21(2)27(12-24)34-18-40)16-47-31(44)38-25-10-7-22(3)28(13-25)35-19-41/h20-28H,5-16H2,1-4H3,(H,36,42)(H,37,43)(H,38,44). The number of ether oxygens (including phenoxy) is 3. The van der Waals surface area contributed by atoms with Crippen LogP contribution in [0.25, 0.3) is 0 Å². The molecule has 3 N–H and O–H groups in total. The van der Waals surface area contributed by atoms with Crippen LogP contribution in [0.5, 0.6) is 0 Å². The maximum Gasteiger partial charge on any atom is 0.407 e. The normalized spacial score (nSPS) is 31.5. The first-order valence-electron chi connectivity index (χ1n) is 16.5. The van der Waals surface area contributed by atoms with Crippen LogP contribution >= 0.6 is 0 Å². The Morgan fingerprint density at radius 1 is 0.574 bits per heavy atom. The summed E-state index contributed by atoms with van der Waals surface area (Å²) in [5.74, 6) is 0.588. The minimum Gasteiger partial charge on any atom is -0.449 e. The Morgan fingerprint density at radius 3 is 1.11 bits per heavy atom. The average Bonchev–Trinajstić information content (AvgIpc) is 3.03. The van der Waals surface area contributed by atoms with E-state index in [1.54, 1.807) is 25.2 Å². The number of isocyanates is 3. The molecule has 260 valence electrons. The van der Waals surface area contributed by atoms with Crippen molar-refractivity contribution < 1.29 is 43.0 Å². The minimum atomic E-state index is -1.12. The first kappa shape index (κ1) is 37.4. The van der Waals surface area contributed by atoms with Crippen molar-refractivity contribution in [3.05, 3.63) is 0 Å². The zero-order chi connectivity index (χ0) is 34.4. The van der Waals surface area contributed by atoms with Gasteiger partial charge in [-0.3, -0.25) is 0 Å². The maximum atomic E-state index is 12.8. The molecule has 15 heteroatoms. The molecular formula is C32H48N6O9. The van der Waals surface area contributed by atoms with Gasteiger partial charge in [-0.25, -0.2) is 43.7 Å². The third-order valence-corrected chi connectivity index (χ3v) is 9.74. The van der Waals surface area contributed by atoms with Crippen LogP contribution in [-0.4, -0.2) is 92.6 Å². The number of alkyl carbamates (subject to hydrolysis) is 3. The van der Waals surface area contributed by atoms with Gasteiger partial charge in [-0.15, -0.1) is 0 Å². The molecule has 9 atom stereocenters. The van der Waals surface area contributed by atoms with Crippen LogP contribution in [0, 0.1) is 23.2 Å². The van der Waals surface area contributed by atoms with Crippen LogP contribution in [0.1, 0.15) is 85.5 Å². The summed E-state index contributed by atoms with van der Waals surface area (Å²) < 4.78 is 16.6. The second-order valence-corrected chi connectivity index (χ2v) is 13.8. The predicted molar refractivity (Wildman–Crippen MR) is 168 cm³/mol. The summed E-state index contributed by atoms with van der Waals surface area (Å²) >= 11 is 0. The van der Waals surface area contributed by atoms with E-state index in [0.717, 1.165) is 19.3 Å². The molecule has 0 saturated heterocycles. The monoisotopic (exact) mass is 660 g/mol. The van der Waals surface area contributed by atoms with Gasteiger partial charge in [0.05, 0.1) is 23.5 Å². The fourth-order valence-corrected chi connectivity index (χ4v) is 6.50. The third kappa shape index (κ3) is 12.2. The summed E-state index contributed by atoms with van der Waals surface area (Å²) in [5.41, 5.74) is -1.12. The fraction of sp³-hybridized carbons (Fsp3) is 0.812. The van der Waals surface area contributed by atoms with Gasteiger partial charge in [-0.2, -0.15) is 0 Å². The molecule has 3 saturated carbocycles. The van der Waals surface area contributed by atoms with E-state index in [4.69, 9.17) is 14.2 Å². The van der Waals surface area contributed by atoms with Gasteiger partial charge in [-0.1, -0.05) is 20.8 Å². The number of nitrogens with one attached hydrogen (secondary N) is 3. The smallest absolute Gasteiger partial charge is 0.407 e. The van der Waals surface area contributed by atoms with E-state index < -0.39 is 23.7 Å². The highest BCUT2D eigenvalue weighted by atomic mass is 16.6. The molecule has 0 heterocycles. The summed E-state index contributed by atoms with van der Waals surface area (Å²) in [6.07, 6.45) is 8.55. The quantitative estimate of drug-likeness (QED) is 0.158. The van der Waals surface area contributed by atoms with Crippen molar-refractivity contribution in [1.82, 2.24) is 16.0 Å². The van der Waals surface area contributed by atoms with Crippen molar-refractivity contribution in [3.8, 4) is 0 Å². The SMILES string of the molecule is CC1CCC(NC(=O)OCC(C)(COC(=O)NC2CCC(C)C(N=C=O)C2)COC(=O)NC2CCC(C)C(N=C=O)C2)CC1N=C=O. The number of hydrogen-bond acceptors (Lipinski definition) is 12. The van der Waals surface area contributed by atoms with Gasteiger partial charge in [0.15, 0.2) is 0 Å². The summed E-state index contributed by atoms with van der Waals surface area (Å²) in [6, 6.07) is -1.45. The highest BCUT2D eigenvalue weighted by molar-refractivity contribution is 5.69. The Bertz CT molecular complexity index is 1080. The second-order valence-electron chi connectivity index (χ2n) is 13.8. The molecule has 15 nitrogen and oxygen atoms in total. The molecule has 3 rings (SSSR count). The van der Waals surface area contributed by atoms with Crippen LogP contribution < -0.4 is 16.0 Å². The largest absolute Gasteiger partial charge is 0.449 e. The number of hydrogen-bond donors (Lipinski definition) is 3. The number of carbonyl (C=O) groups excluding carboxylic acids is 6. The lowest BCUT2D eigenvalue weighted by Crippen LogP contribution is -2.46. The topological polar surface area (TPSA) is 203 Å². The van der Waals surface area contributed by atoms with Crippen molar-refractivity contribution in [2.75, 3.05) is 19.8 Å². The average molecular weight is 661 g/mol. The van der Waals surface area contributed by atoms with Crippen molar-refractivity contribution in [3.63, 3.8) is 0 Å². The number of nitrogens with zero attached hydrogens (tertiary/aromatic N) is 3. The van der Waals surface area contributed by atoms with Crippen LogP contribution in [0.4, 0.5) is 14.4 Å². The Balaban J connectivity index is 1.58. The molecule has 0 aromatic heterocycles. The molecule has 9 unspecified atom stereocenters. The Morgan fingerprint density at radius 2 is 0.851 bits per heavy atom. The van der Waals surface area contributed by atoms with Crippen molar-refractivity contribution in [2.24, 2.45) is 38.1 Å². The number of aliphatic imine (C=N–C) groups is 3. The molecule has 3 aliphatic carbocycles. The van der Waals surface area contributed by atoms with Crippen molar-refractivity contribution in [1.29, 1.82) is 0 Å². The van der Waals surface area contributed by atoms with Crippen LogP contribution in [0.15, 0.2) is 15.0 Å². The zero-order valence-electron chi connectivity index (χ0n) is 27.7. The van der Waals surface area contributed by atoms with Crippen molar-refractivity contribution >= 4 is 36.5 Å². The van der Waals surface area contributed by atoms with Gasteiger partial charge in [0.25, 0.3) is 0 Å². The predicted octanol–water partition coefficient (Wildman–Crippen LogP) is 3.85. The summed E-state index contributed by atoms with van der Waals surface area (Å²) in [7, 11) is 0. The van der Waals surface area contributed by atoms with Gasteiger partial charge in [0, 0.05) is 18.1 Å². The molecule has 0 radical (unpaired) electrons. The van der Waals surface area contributed by atoms with Gasteiger partial charge in [0.2, 0.25) is 18.2 Å². The molecule has 0 aromatic carbocycles. The third-order valence-electron chi connectivity index (χ3n) is 9.74. The summed E-state index contributed by atoms with van der Waals surface area (Å²) in [5, 5.41) is 8.43. The minimum absolute atomic E-state index is 0.196. The first-order chi connectivity index (χ1) is 22.4. The van der Waals surface area contributed by atoms with E-state index >= 15 is 0 Å². The van der Waals surface area contributed by atoms with E-state index in [-0.39, 0.29) is 73.8 Å².